The van der Waals surface area contributed by atoms with Crippen LogP contribution in [0.2, 0.25) is 5.02 Å². The van der Waals surface area contributed by atoms with Crippen LogP contribution in [0.4, 0.5) is 10.5 Å². The maximum absolute atomic E-state index is 11.7. The van der Waals surface area contributed by atoms with E-state index >= 15 is 0 Å². The molecule has 20 heavy (non-hydrogen) atoms. The van der Waals surface area contributed by atoms with Gasteiger partial charge in [-0.15, -0.1) is 0 Å². The fourth-order valence-corrected chi connectivity index (χ4v) is 1.64. The number of carbonyl (C=O) groups is 2. The highest BCUT2D eigenvalue weighted by atomic mass is 35.5. The van der Waals surface area contributed by atoms with Crippen LogP contribution in [0.3, 0.4) is 0 Å². The Hall–Kier alpha value is -2.54. The third-order valence-electron chi connectivity index (χ3n) is 2.43. The lowest BCUT2D eigenvalue weighted by atomic mass is 10.2. The van der Waals surface area contributed by atoms with Gasteiger partial charge in [0.05, 0.1) is 22.8 Å². The molecule has 0 saturated heterocycles. The van der Waals surface area contributed by atoms with Gasteiger partial charge in [0, 0.05) is 12.4 Å². The van der Waals surface area contributed by atoms with Gasteiger partial charge in [-0.2, -0.15) is 0 Å². The topological polar surface area (TPSA) is 107 Å². The van der Waals surface area contributed by atoms with Crippen LogP contribution in [0.5, 0.6) is 0 Å². The number of amides is 2. The maximum Gasteiger partial charge on any atom is 0.335 e. The van der Waals surface area contributed by atoms with Crippen molar-refractivity contribution >= 4 is 29.3 Å². The van der Waals surface area contributed by atoms with E-state index in [1.54, 1.807) is 12.4 Å². The Labute approximate surface area is 119 Å². The number of carboxylic acids is 1. The third kappa shape index (κ3) is 3.48. The largest absolute Gasteiger partial charge is 0.478 e. The number of benzene rings is 1. The molecule has 0 spiro atoms. The van der Waals surface area contributed by atoms with E-state index in [1.807, 2.05) is 0 Å². The van der Waals surface area contributed by atoms with Gasteiger partial charge in [0.1, 0.15) is 5.82 Å². The highest BCUT2D eigenvalue weighted by Crippen LogP contribution is 2.22. The molecule has 0 radical (unpaired) electrons. The summed E-state index contributed by atoms with van der Waals surface area (Å²) in [5.41, 5.74) is 0.263. The van der Waals surface area contributed by atoms with Gasteiger partial charge in [-0.1, -0.05) is 11.6 Å². The number of hydrogen-bond acceptors (Lipinski definition) is 3. The summed E-state index contributed by atoms with van der Waals surface area (Å²) < 4.78 is 0. The molecular weight excluding hydrogens is 284 g/mol. The van der Waals surface area contributed by atoms with E-state index in [4.69, 9.17) is 16.7 Å². The van der Waals surface area contributed by atoms with Crippen LogP contribution in [0, 0.1) is 0 Å². The number of imidazole rings is 1. The second kappa shape index (κ2) is 6.07. The molecule has 8 heteroatoms. The predicted molar refractivity (Wildman–Crippen MR) is 72.9 cm³/mol. The van der Waals surface area contributed by atoms with Crippen molar-refractivity contribution in [2.24, 2.45) is 0 Å². The Kier molecular flexibility index (Phi) is 4.21. The fourth-order valence-electron chi connectivity index (χ4n) is 1.48. The van der Waals surface area contributed by atoms with Gasteiger partial charge in [0.2, 0.25) is 0 Å². The van der Waals surface area contributed by atoms with Gasteiger partial charge in [-0.3, -0.25) is 0 Å². The van der Waals surface area contributed by atoms with Crippen molar-refractivity contribution in [2.45, 2.75) is 6.54 Å². The molecular formula is C12H11ClN4O3. The zero-order valence-corrected chi connectivity index (χ0v) is 10.9. The summed E-state index contributed by atoms with van der Waals surface area (Å²) in [5, 5.41) is 14.2. The lowest BCUT2D eigenvalue weighted by molar-refractivity contribution is 0.0697. The number of urea groups is 1. The number of carbonyl (C=O) groups excluding carboxylic acids is 1. The van der Waals surface area contributed by atoms with Crippen LogP contribution in [0.15, 0.2) is 30.6 Å². The zero-order chi connectivity index (χ0) is 14.5. The molecule has 1 heterocycles. The van der Waals surface area contributed by atoms with Crippen molar-refractivity contribution in [2.75, 3.05) is 5.32 Å². The SMILES string of the molecule is O=C(NCc1ncc[nH]1)Nc1cc(C(=O)O)ccc1Cl. The highest BCUT2D eigenvalue weighted by molar-refractivity contribution is 6.33. The zero-order valence-electron chi connectivity index (χ0n) is 10.2. The molecule has 0 atom stereocenters. The fraction of sp³-hybridized carbons (Fsp3) is 0.0833. The van der Waals surface area contributed by atoms with Crippen molar-refractivity contribution in [3.63, 3.8) is 0 Å². The number of nitrogens with zero attached hydrogens (tertiary/aromatic N) is 1. The van der Waals surface area contributed by atoms with Crippen LogP contribution in [0.25, 0.3) is 0 Å². The van der Waals surface area contributed by atoms with Crippen LogP contribution >= 0.6 is 11.6 Å². The van der Waals surface area contributed by atoms with E-state index in [-0.39, 0.29) is 22.8 Å². The summed E-state index contributed by atoms with van der Waals surface area (Å²) >= 11 is 5.89. The van der Waals surface area contributed by atoms with E-state index in [0.29, 0.717) is 5.82 Å². The Bertz CT molecular complexity index is 628. The van der Waals surface area contributed by atoms with Crippen molar-refractivity contribution in [1.82, 2.24) is 15.3 Å². The molecule has 7 nitrogen and oxygen atoms in total. The monoisotopic (exact) mass is 294 g/mol. The van der Waals surface area contributed by atoms with Gasteiger partial charge >= 0.3 is 12.0 Å². The first-order valence-electron chi connectivity index (χ1n) is 5.62. The summed E-state index contributed by atoms with van der Waals surface area (Å²) in [4.78, 5) is 29.3. The third-order valence-corrected chi connectivity index (χ3v) is 2.76. The molecule has 0 fully saturated rings. The molecule has 104 valence electrons. The van der Waals surface area contributed by atoms with Crippen LogP contribution < -0.4 is 10.6 Å². The summed E-state index contributed by atoms with van der Waals surface area (Å²) in [5.74, 6) is -0.494. The van der Waals surface area contributed by atoms with E-state index in [0.717, 1.165) is 0 Å². The molecule has 2 rings (SSSR count). The Morgan fingerprint density at radius 1 is 1.40 bits per heavy atom. The Balaban J connectivity index is 2.00. The highest BCUT2D eigenvalue weighted by Gasteiger charge is 2.10. The first kappa shape index (κ1) is 13.9. The number of halogens is 1. The molecule has 0 bridgehead atoms. The smallest absolute Gasteiger partial charge is 0.335 e. The molecule has 2 amide bonds. The first-order chi connectivity index (χ1) is 9.56. The van der Waals surface area contributed by atoms with Crippen LogP contribution in [-0.2, 0) is 6.54 Å². The normalized spacial score (nSPS) is 10.1. The Morgan fingerprint density at radius 2 is 2.20 bits per heavy atom. The maximum atomic E-state index is 11.7. The van der Waals surface area contributed by atoms with Gasteiger partial charge in [-0.25, -0.2) is 14.6 Å². The van der Waals surface area contributed by atoms with Gasteiger partial charge < -0.3 is 20.7 Å². The quantitative estimate of drug-likeness (QED) is 0.692. The minimum atomic E-state index is -1.10. The molecule has 0 aliphatic heterocycles. The average Bonchev–Trinajstić information content (AvgIpc) is 2.92. The van der Waals surface area contributed by atoms with Gasteiger partial charge in [-0.05, 0) is 18.2 Å². The molecule has 4 N–H and O–H groups in total. The van der Waals surface area contributed by atoms with E-state index in [9.17, 15) is 9.59 Å². The van der Waals surface area contributed by atoms with E-state index < -0.39 is 12.0 Å². The van der Waals surface area contributed by atoms with Crippen molar-refractivity contribution < 1.29 is 14.7 Å². The summed E-state index contributed by atoms with van der Waals surface area (Å²) in [6, 6.07) is 3.55. The minimum absolute atomic E-state index is 0.0377. The number of nitrogens with one attached hydrogen (secondary N) is 3. The number of aromatic carboxylic acids is 1. The number of aromatic amines is 1. The van der Waals surface area contributed by atoms with Crippen molar-refractivity contribution in [3.8, 4) is 0 Å². The number of hydrogen-bond donors (Lipinski definition) is 4. The summed E-state index contributed by atoms with van der Waals surface area (Å²) in [6.45, 7) is 0.217. The first-order valence-corrected chi connectivity index (χ1v) is 6.00. The summed E-state index contributed by atoms with van der Waals surface area (Å²) in [7, 11) is 0. The average molecular weight is 295 g/mol. The van der Waals surface area contributed by atoms with E-state index in [1.165, 1.54) is 18.2 Å². The number of carboxylic acid groups (broad SMARTS) is 1. The lowest BCUT2D eigenvalue weighted by Crippen LogP contribution is -2.28. The van der Waals surface area contributed by atoms with Crippen molar-refractivity contribution in [3.05, 3.63) is 47.0 Å². The summed E-state index contributed by atoms with van der Waals surface area (Å²) in [6.07, 6.45) is 3.21. The molecule has 2 aromatic rings. The molecule has 0 aliphatic rings. The molecule has 0 saturated carbocycles. The lowest BCUT2D eigenvalue weighted by Gasteiger charge is -2.09. The Morgan fingerprint density at radius 3 is 2.85 bits per heavy atom. The number of anilines is 1. The second-order valence-electron chi connectivity index (χ2n) is 3.84. The minimum Gasteiger partial charge on any atom is -0.478 e. The molecule has 1 aromatic heterocycles. The standard InChI is InChI=1S/C12H11ClN4O3/c13-8-2-1-7(11(18)19)5-9(8)17-12(20)16-6-10-14-3-4-15-10/h1-5H,6H2,(H,14,15)(H,18,19)(H2,16,17,20). The van der Waals surface area contributed by atoms with E-state index in [2.05, 4.69) is 20.6 Å². The number of H-pyrrole nitrogens is 1. The van der Waals surface area contributed by atoms with Crippen LogP contribution in [0.1, 0.15) is 16.2 Å². The van der Waals surface area contributed by atoms with Gasteiger partial charge in [0.15, 0.2) is 0 Å². The number of aromatic nitrogens is 2. The number of rotatable bonds is 4. The van der Waals surface area contributed by atoms with Crippen LogP contribution in [-0.4, -0.2) is 27.1 Å². The predicted octanol–water partition coefficient (Wildman–Crippen LogP) is 2.08. The molecule has 1 aromatic carbocycles. The van der Waals surface area contributed by atoms with Gasteiger partial charge in [0.25, 0.3) is 0 Å². The molecule has 0 unspecified atom stereocenters. The molecule has 0 aliphatic carbocycles. The van der Waals surface area contributed by atoms with Crippen molar-refractivity contribution in [1.29, 1.82) is 0 Å². The second-order valence-corrected chi connectivity index (χ2v) is 4.25.